The Morgan fingerprint density at radius 3 is 2.52 bits per heavy atom. The van der Waals surface area contributed by atoms with Crippen molar-refractivity contribution < 1.29 is 4.79 Å². The second-order valence-electron chi connectivity index (χ2n) is 5.63. The van der Waals surface area contributed by atoms with Gasteiger partial charge in [-0.3, -0.25) is 9.48 Å². The van der Waals surface area contributed by atoms with Crippen molar-refractivity contribution >= 4 is 29.3 Å². The van der Waals surface area contributed by atoms with Crippen LogP contribution >= 0.6 is 23.4 Å². The first-order chi connectivity index (χ1) is 10.8. The zero-order valence-electron chi connectivity index (χ0n) is 14.1. The number of aromatic nitrogens is 2. The van der Waals surface area contributed by atoms with Gasteiger partial charge in [0.25, 0.3) is 0 Å². The van der Waals surface area contributed by atoms with Gasteiger partial charge in [0.05, 0.1) is 22.0 Å². The van der Waals surface area contributed by atoms with Gasteiger partial charge in [-0.25, -0.2) is 0 Å². The first-order valence-electron chi connectivity index (χ1n) is 7.53. The lowest BCUT2D eigenvalue weighted by Crippen LogP contribution is -2.33. The van der Waals surface area contributed by atoms with E-state index in [2.05, 4.69) is 10.4 Å². The Balaban J connectivity index is 2.05. The maximum atomic E-state index is 12.5. The van der Waals surface area contributed by atoms with E-state index in [1.807, 2.05) is 63.7 Å². The summed E-state index contributed by atoms with van der Waals surface area (Å²) in [6, 6.07) is 7.48. The SMILES string of the molecule is Cc1nn(C)c(C)c1C(C)NC(=O)C(C)Sc1ccccc1Cl. The van der Waals surface area contributed by atoms with E-state index in [4.69, 9.17) is 11.6 Å². The summed E-state index contributed by atoms with van der Waals surface area (Å²) in [7, 11) is 1.91. The van der Waals surface area contributed by atoms with Gasteiger partial charge < -0.3 is 5.32 Å². The van der Waals surface area contributed by atoms with Gasteiger partial charge in [0.15, 0.2) is 0 Å². The van der Waals surface area contributed by atoms with Crippen LogP contribution in [0.2, 0.25) is 5.02 Å². The van der Waals surface area contributed by atoms with Crippen LogP contribution in [0.1, 0.15) is 36.8 Å². The second-order valence-corrected chi connectivity index (χ2v) is 7.42. The molecule has 0 aliphatic heterocycles. The molecule has 0 radical (unpaired) electrons. The van der Waals surface area contributed by atoms with Gasteiger partial charge in [-0.15, -0.1) is 11.8 Å². The van der Waals surface area contributed by atoms with Gasteiger partial charge in [-0.2, -0.15) is 5.10 Å². The quantitative estimate of drug-likeness (QED) is 0.827. The van der Waals surface area contributed by atoms with Gasteiger partial charge in [-0.1, -0.05) is 23.7 Å². The Labute approximate surface area is 146 Å². The molecule has 1 heterocycles. The molecule has 0 saturated carbocycles. The minimum absolute atomic E-state index is 0.00919. The largest absolute Gasteiger partial charge is 0.348 e. The summed E-state index contributed by atoms with van der Waals surface area (Å²) in [4.78, 5) is 13.4. The van der Waals surface area contributed by atoms with E-state index < -0.39 is 0 Å². The first kappa shape index (κ1) is 17.9. The van der Waals surface area contributed by atoms with E-state index in [1.54, 1.807) is 0 Å². The van der Waals surface area contributed by atoms with Gasteiger partial charge in [0.1, 0.15) is 0 Å². The van der Waals surface area contributed by atoms with Crippen molar-refractivity contribution in [2.45, 2.75) is 43.9 Å². The van der Waals surface area contributed by atoms with E-state index in [1.165, 1.54) is 11.8 Å². The number of hydrogen-bond acceptors (Lipinski definition) is 3. The van der Waals surface area contributed by atoms with Gasteiger partial charge >= 0.3 is 0 Å². The van der Waals surface area contributed by atoms with Crippen LogP contribution in [0.5, 0.6) is 0 Å². The number of hydrogen-bond donors (Lipinski definition) is 1. The summed E-state index contributed by atoms with van der Waals surface area (Å²) in [5.41, 5.74) is 3.10. The predicted molar refractivity (Wildman–Crippen MR) is 96.0 cm³/mol. The van der Waals surface area contributed by atoms with E-state index in [9.17, 15) is 4.79 Å². The summed E-state index contributed by atoms with van der Waals surface area (Å²) >= 11 is 7.62. The molecule has 6 heteroatoms. The molecule has 4 nitrogen and oxygen atoms in total. The number of carbonyl (C=O) groups excluding carboxylic acids is 1. The summed E-state index contributed by atoms with van der Waals surface area (Å²) < 4.78 is 1.84. The highest BCUT2D eigenvalue weighted by molar-refractivity contribution is 8.00. The highest BCUT2D eigenvalue weighted by atomic mass is 35.5. The van der Waals surface area contributed by atoms with Crippen LogP contribution in [0, 0.1) is 13.8 Å². The number of benzene rings is 1. The van der Waals surface area contributed by atoms with Crippen LogP contribution in [0.4, 0.5) is 0 Å². The van der Waals surface area contributed by atoms with Gasteiger partial charge in [0.2, 0.25) is 5.91 Å². The van der Waals surface area contributed by atoms with E-state index in [0.717, 1.165) is 21.8 Å². The zero-order chi connectivity index (χ0) is 17.1. The van der Waals surface area contributed by atoms with Crippen LogP contribution < -0.4 is 5.32 Å². The molecule has 0 aliphatic carbocycles. The normalized spacial score (nSPS) is 13.7. The molecule has 0 fully saturated rings. The molecule has 0 bridgehead atoms. The third-order valence-electron chi connectivity index (χ3n) is 3.87. The Hall–Kier alpha value is -1.46. The summed E-state index contributed by atoms with van der Waals surface area (Å²) in [6.45, 7) is 7.85. The van der Waals surface area contributed by atoms with E-state index >= 15 is 0 Å². The molecule has 124 valence electrons. The fourth-order valence-corrected chi connectivity index (χ4v) is 3.77. The molecule has 1 N–H and O–H groups in total. The number of carbonyl (C=O) groups is 1. The fourth-order valence-electron chi connectivity index (χ4n) is 2.60. The molecule has 0 aliphatic rings. The molecule has 23 heavy (non-hydrogen) atoms. The average Bonchev–Trinajstić information content (AvgIpc) is 2.74. The zero-order valence-corrected chi connectivity index (χ0v) is 15.6. The van der Waals surface area contributed by atoms with E-state index in [-0.39, 0.29) is 17.2 Å². The fraction of sp³-hybridized carbons (Fsp3) is 0.412. The molecular formula is C17H22ClN3OS. The van der Waals surface area contributed by atoms with Crippen LogP contribution in [0.3, 0.4) is 0 Å². The van der Waals surface area contributed by atoms with Crippen molar-refractivity contribution in [1.29, 1.82) is 0 Å². The molecule has 1 amide bonds. The molecule has 2 rings (SSSR count). The lowest BCUT2D eigenvalue weighted by molar-refractivity contribution is -0.120. The van der Waals surface area contributed by atoms with Crippen molar-refractivity contribution in [1.82, 2.24) is 15.1 Å². The van der Waals surface area contributed by atoms with Gasteiger partial charge in [-0.05, 0) is 39.8 Å². The lowest BCUT2D eigenvalue weighted by atomic mass is 10.1. The second kappa shape index (κ2) is 7.41. The first-order valence-corrected chi connectivity index (χ1v) is 8.78. The highest BCUT2D eigenvalue weighted by Crippen LogP contribution is 2.30. The van der Waals surface area contributed by atoms with Crippen LogP contribution in [-0.4, -0.2) is 20.9 Å². The van der Waals surface area contributed by atoms with Gasteiger partial charge in [0, 0.05) is 23.2 Å². The molecule has 1 aromatic carbocycles. The third kappa shape index (κ3) is 4.09. The average molecular weight is 352 g/mol. The Morgan fingerprint density at radius 1 is 1.30 bits per heavy atom. The minimum Gasteiger partial charge on any atom is -0.348 e. The van der Waals surface area contributed by atoms with Crippen LogP contribution in [0.15, 0.2) is 29.2 Å². The number of halogens is 1. The number of rotatable bonds is 5. The molecule has 0 saturated heterocycles. The maximum Gasteiger partial charge on any atom is 0.233 e. The summed E-state index contributed by atoms with van der Waals surface area (Å²) in [5.74, 6) is -0.00919. The van der Waals surface area contributed by atoms with Crippen molar-refractivity contribution in [2.75, 3.05) is 0 Å². The Kier molecular flexibility index (Phi) is 5.76. The Bertz CT molecular complexity index is 714. The monoisotopic (exact) mass is 351 g/mol. The highest BCUT2D eigenvalue weighted by Gasteiger charge is 2.21. The standard InChI is InChI=1S/C17H22ClN3OS/c1-10(16-11(2)20-21(5)12(16)3)19-17(22)13(4)23-15-9-7-6-8-14(15)18/h6-10,13H,1-5H3,(H,19,22). The van der Waals surface area contributed by atoms with E-state index in [0.29, 0.717) is 5.02 Å². The predicted octanol–water partition coefficient (Wildman–Crippen LogP) is 4.05. The van der Waals surface area contributed by atoms with Crippen molar-refractivity contribution in [3.8, 4) is 0 Å². The molecule has 2 atom stereocenters. The van der Waals surface area contributed by atoms with Crippen LogP contribution in [-0.2, 0) is 11.8 Å². The number of nitrogens with zero attached hydrogens (tertiary/aromatic N) is 2. The topological polar surface area (TPSA) is 46.9 Å². The third-order valence-corrected chi connectivity index (χ3v) is 5.49. The number of aryl methyl sites for hydroxylation is 2. The smallest absolute Gasteiger partial charge is 0.233 e. The minimum atomic E-state index is -0.227. The molecule has 0 spiro atoms. The van der Waals surface area contributed by atoms with Crippen molar-refractivity contribution in [3.05, 3.63) is 46.2 Å². The summed E-state index contributed by atoms with van der Waals surface area (Å²) in [6.07, 6.45) is 0. The van der Waals surface area contributed by atoms with Crippen molar-refractivity contribution in [2.24, 2.45) is 7.05 Å². The molecule has 1 aromatic heterocycles. The number of thioether (sulfide) groups is 1. The lowest BCUT2D eigenvalue weighted by Gasteiger charge is -2.18. The number of nitrogens with one attached hydrogen (secondary N) is 1. The number of amides is 1. The van der Waals surface area contributed by atoms with Crippen LogP contribution in [0.25, 0.3) is 0 Å². The Morgan fingerprint density at radius 2 is 1.96 bits per heavy atom. The molecule has 2 aromatic rings. The summed E-state index contributed by atoms with van der Waals surface area (Å²) in [5, 5.41) is 7.92. The maximum absolute atomic E-state index is 12.5. The molecule has 2 unspecified atom stereocenters. The van der Waals surface area contributed by atoms with Crippen molar-refractivity contribution in [3.63, 3.8) is 0 Å². The molecular weight excluding hydrogens is 330 g/mol.